The molecule has 0 bridgehead atoms. The maximum absolute atomic E-state index is 13.5. The maximum atomic E-state index is 13.5. The molecule has 2 aliphatic rings. The molecule has 3 amide bonds. The van der Waals surface area contributed by atoms with Crippen molar-refractivity contribution in [2.24, 2.45) is 5.92 Å². The Labute approximate surface area is 179 Å². The summed E-state index contributed by atoms with van der Waals surface area (Å²) in [4.78, 5) is 30.1. The SMILES string of the molecule is COc1ccc(OC)c([C@H]2CN(C(=O)NC(C)(C)C)C[C@@H]2C(=O)N2CCCCC2)c1. The van der Waals surface area contributed by atoms with Gasteiger partial charge in [0.05, 0.1) is 20.1 Å². The lowest BCUT2D eigenvalue weighted by Gasteiger charge is -2.31. The largest absolute Gasteiger partial charge is 0.497 e. The second-order valence-corrected chi connectivity index (χ2v) is 9.29. The minimum absolute atomic E-state index is 0.135. The van der Waals surface area contributed by atoms with Crippen molar-refractivity contribution in [1.29, 1.82) is 0 Å². The highest BCUT2D eigenvalue weighted by molar-refractivity contribution is 5.83. The van der Waals surface area contributed by atoms with Crippen molar-refractivity contribution in [2.75, 3.05) is 40.4 Å². The number of likely N-dealkylation sites (tertiary alicyclic amines) is 2. The minimum Gasteiger partial charge on any atom is -0.497 e. The molecule has 7 nitrogen and oxygen atoms in total. The highest BCUT2D eigenvalue weighted by Crippen LogP contribution is 2.40. The highest BCUT2D eigenvalue weighted by Gasteiger charge is 2.43. The van der Waals surface area contributed by atoms with E-state index in [1.54, 1.807) is 19.1 Å². The summed E-state index contributed by atoms with van der Waals surface area (Å²) in [6.45, 7) is 8.34. The molecule has 0 radical (unpaired) electrons. The summed E-state index contributed by atoms with van der Waals surface area (Å²) in [7, 11) is 3.26. The number of hydrogen-bond donors (Lipinski definition) is 1. The van der Waals surface area contributed by atoms with Gasteiger partial charge in [0.15, 0.2) is 0 Å². The fourth-order valence-corrected chi connectivity index (χ4v) is 4.41. The molecule has 7 heteroatoms. The topological polar surface area (TPSA) is 71.1 Å². The number of amides is 3. The summed E-state index contributed by atoms with van der Waals surface area (Å²) < 4.78 is 11.0. The molecule has 0 unspecified atom stereocenters. The van der Waals surface area contributed by atoms with Gasteiger partial charge in [-0.25, -0.2) is 4.79 Å². The van der Waals surface area contributed by atoms with Crippen molar-refractivity contribution in [3.8, 4) is 11.5 Å². The van der Waals surface area contributed by atoms with Gasteiger partial charge in [0.25, 0.3) is 0 Å². The van der Waals surface area contributed by atoms with Gasteiger partial charge in [0, 0.05) is 43.2 Å². The smallest absolute Gasteiger partial charge is 0.317 e. The predicted octanol–water partition coefficient (Wildman–Crippen LogP) is 3.24. The van der Waals surface area contributed by atoms with E-state index in [1.807, 2.05) is 43.9 Å². The van der Waals surface area contributed by atoms with Crippen LogP contribution in [0.4, 0.5) is 4.79 Å². The number of carbonyl (C=O) groups is 2. The number of benzene rings is 1. The Morgan fingerprint density at radius 1 is 1.00 bits per heavy atom. The van der Waals surface area contributed by atoms with Gasteiger partial charge < -0.3 is 24.6 Å². The van der Waals surface area contributed by atoms with Crippen LogP contribution in [0.2, 0.25) is 0 Å². The van der Waals surface area contributed by atoms with Crippen LogP contribution in [0.1, 0.15) is 51.5 Å². The van der Waals surface area contributed by atoms with E-state index in [-0.39, 0.29) is 29.3 Å². The van der Waals surface area contributed by atoms with Crippen molar-refractivity contribution in [3.05, 3.63) is 23.8 Å². The van der Waals surface area contributed by atoms with Crippen LogP contribution in [0.3, 0.4) is 0 Å². The van der Waals surface area contributed by atoms with Crippen LogP contribution in [-0.4, -0.2) is 67.7 Å². The van der Waals surface area contributed by atoms with Crippen LogP contribution >= 0.6 is 0 Å². The summed E-state index contributed by atoms with van der Waals surface area (Å²) in [5.74, 6) is 1.13. The van der Waals surface area contributed by atoms with Gasteiger partial charge in [-0.2, -0.15) is 0 Å². The number of ether oxygens (including phenoxy) is 2. The summed E-state index contributed by atoms with van der Waals surface area (Å²) in [5.41, 5.74) is 0.577. The molecular formula is C23H35N3O4. The molecule has 2 saturated heterocycles. The summed E-state index contributed by atoms with van der Waals surface area (Å²) in [6.07, 6.45) is 3.25. The summed E-state index contributed by atoms with van der Waals surface area (Å²) >= 11 is 0. The standard InChI is InChI=1S/C23H35N3O4/c1-23(2,3)24-22(28)26-14-18(17-13-16(29-4)9-10-20(17)30-5)19(15-26)21(27)25-11-7-6-8-12-25/h9-10,13,18-19H,6-8,11-12,14-15H2,1-5H3,(H,24,28)/t18-,19+/m1/s1. The summed E-state index contributed by atoms with van der Waals surface area (Å²) in [5, 5.41) is 3.03. The van der Waals surface area contributed by atoms with E-state index < -0.39 is 0 Å². The zero-order chi connectivity index (χ0) is 21.9. The molecule has 1 N–H and O–H groups in total. The van der Waals surface area contributed by atoms with E-state index in [2.05, 4.69) is 5.32 Å². The first-order valence-electron chi connectivity index (χ1n) is 10.8. The monoisotopic (exact) mass is 417 g/mol. The van der Waals surface area contributed by atoms with E-state index in [0.717, 1.165) is 37.2 Å². The Morgan fingerprint density at radius 3 is 2.30 bits per heavy atom. The lowest BCUT2D eigenvalue weighted by atomic mass is 9.86. The molecule has 1 aromatic carbocycles. The second-order valence-electron chi connectivity index (χ2n) is 9.29. The van der Waals surface area contributed by atoms with E-state index in [4.69, 9.17) is 9.47 Å². The third kappa shape index (κ3) is 4.99. The van der Waals surface area contributed by atoms with Crippen LogP contribution in [0.25, 0.3) is 0 Å². The average molecular weight is 418 g/mol. The Morgan fingerprint density at radius 2 is 1.70 bits per heavy atom. The van der Waals surface area contributed by atoms with Gasteiger partial charge >= 0.3 is 6.03 Å². The molecule has 2 aliphatic heterocycles. The number of methoxy groups -OCH3 is 2. The van der Waals surface area contributed by atoms with Crippen LogP contribution in [-0.2, 0) is 4.79 Å². The molecule has 30 heavy (non-hydrogen) atoms. The fourth-order valence-electron chi connectivity index (χ4n) is 4.41. The number of nitrogens with one attached hydrogen (secondary N) is 1. The first kappa shape index (κ1) is 22.2. The van der Waals surface area contributed by atoms with Gasteiger partial charge in [-0.1, -0.05) is 0 Å². The molecule has 0 saturated carbocycles. The Hall–Kier alpha value is -2.44. The van der Waals surface area contributed by atoms with E-state index in [9.17, 15) is 9.59 Å². The Kier molecular flexibility index (Phi) is 6.78. The van der Waals surface area contributed by atoms with Gasteiger partial charge in [-0.05, 0) is 58.2 Å². The maximum Gasteiger partial charge on any atom is 0.317 e. The van der Waals surface area contributed by atoms with Crippen LogP contribution in [0, 0.1) is 5.92 Å². The van der Waals surface area contributed by atoms with Gasteiger partial charge in [0.1, 0.15) is 11.5 Å². The molecule has 0 spiro atoms. The van der Waals surface area contributed by atoms with E-state index in [0.29, 0.717) is 18.8 Å². The van der Waals surface area contributed by atoms with Crippen LogP contribution < -0.4 is 14.8 Å². The number of hydrogen-bond acceptors (Lipinski definition) is 4. The average Bonchev–Trinajstić information content (AvgIpc) is 3.17. The lowest BCUT2D eigenvalue weighted by molar-refractivity contribution is -0.136. The van der Waals surface area contributed by atoms with Crippen LogP contribution in [0.5, 0.6) is 11.5 Å². The van der Waals surface area contributed by atoms with E-state index >= 15 is 0 Å². The Bertz CT molecular complexity index is 768. The van der Waals surface area contributed by atoms with Crippen molar-refractivity contribution in [3.63, 3.8) is 0 Å². The van der Waals surface area contributed by atoms with Crippen molar-refractivity contribution < 1.29 is 19.1 Å². The molecule has 2 fully saturated rings. The third-order valence-electron chi connectivity index (χ3n) is 5.91. The van der Waals surface area contributed by atoms with Gasteiger partial charge in [0.2, 0.25) is 5.91 Å². The zero-order valence-electron chi connectivity index (χ0n) is 18.9. The molecule has 0 aromatic heterocycles. The number of piperidine rings is 1. The summed E-state index contributed by atoms with van der Waals surface area (Å²) in [6, 6.07) is 5.52. The molecular weight excluding hydrogens is 382 g/mol. The number of nitrogens with zero attached hydrogens (tertiary/aromatic N) is 2. The number of rotatable bonds is 4. The Balaban J connectivity index is 1.92. The van der Waals surface area contributed by atoms with Crippen molar-refractivity contribution >= 4 is 11.9 Å². The first-order chi connectivity index (χ1) is 14.2. The molecule has 2 atom stereocenters. The highest BCUT2D eigenvalue weighted by atomic mass is 16.5. The predicted molar refractivity (Wildman–Crippen MR) is 116 cm³/mol. The molecule has 1 aromatic rings. The third-order valence-corrected chi connectivity index (χ3v) is 5.91. The van der Waals surface area contributed by atoms with Crippen LogP contribution in [0.15, 0.2) is 18.2 Å². The molecule has 166 valence electrons. The molecule has 2 heterocycles. The minimum atomic E-state index is -0.338. The zero-order valence-corrected chi connectivity index (χ0v) is 18.9. The normalized spacial score (nSPS) is 22.0. The molecule has 3 rings (SSSR count). The van der Waals surface area contributed by atoms with Crippen molar-refractivity contribution in [2.45, 2.75) is 51.5 Å². The quantitative estimate of drug-likeness (QED) is 0.816. The van der Waals surface area contributed by atoms with Crippen molar-refractivity contribution in [1.82, 2.24) is 15.1 Å². The fraction of sp³-hybridized carbons (Fsp3) is 0.652. The lowest BCUT2D eigenvalue weighted by Crippen LogP contribution is -2.48. The van der Waals surface area contributed by atoms with Gasteiger partial charge in [-0.15, -0.1) is 0 Å². The number of carbonyl (C=O) groups excluding carboxylic acids is 2. The van der Waals surface area contributed by atoms with E-state index in [1.165, 1.54) is 6.42 Å². The molecule has 0 aliphatic carbocycles. The second kappa shape index (κ2) is 9.14. The number of urea groups is 1. The first-order valence-corrected chi connectivity index (χ1v) is 10.8. The van der Waals surface area contributed by atoms with Gasteiger partial charge in [-0.3, -0.25) is 4.79 Å².